The molecule has 0 spiro atoms. The molecule has 1 aliphatic carbocycles. The van der Waals surface area contributed by atoms with Gasteiger partial charge >= 0.3 is 0 Å². The third kappa shape index (κ3) is 1.39. The minimum atomic E-state index is 0.591. The van der Waals surface area contributed by atoms with Crippen LogP contribution < -0.4 is 10.5 Å². The quantitative estimate of drug-likeness (QED) is 0.765. The molecule has 1 aromatic heterocycles. The highest BCUT2D eigenvalue weighted by molar-refractivity contribution is 5.43. The predicted octanol–water partition coefficient (Wildman–Crippen LogP) is 1.91. The van der Waals surface area contributed by atoms with E-state index in [2.05, 4.69) is 4.98 Å². The van der Waals surface area contributed by atoms with Crippen LogP contribution in [-0.2, 0) is 6.54 Å². The fourth-order valence-electron chi connectivity index (χ4n) is 2.31. The van der Waals surface area contributed by atoms with Gasteiger partial charge in [0.25, 0.3) is 6.01 Å². The summed E-state index contributed by atoms with van der Waals surface area (Å²) < 4.78 is 7.64. The lowest BCUT2D eigenvalue weighted by Crippen LogP contribution is -2.12. The van der Waals surface area contributed by atoms with Crippen LogP contribution >= 0.6 is 0 Å². The number of anilines is 1. The first-order valence-electron chi connectivity index (χ1n) is 5.85. The van der Waals surface area contributed by atoms with Gasteiger partial charge in [0.15, 0.2) is 0 Å². The van der Waals surface area contributed by atoms with Gasteiger partial charge in [-0.05, 0) is 25.7 Å². The standard InChI is InChI=1S/C11H17N3O/c12-10-9(8-4-3-5-8)13-11-14(10)6-1-2-7-15-11/h8H,1-7,12H2. The fraction of sp³-hybridized carbons (Fsp3) is 0.727. The van der Waals surface area contributed by atoms with E-state index in [1.54, 1.807) is 0 Å². The largest absolute Gasteiger partial charge is 0.465 e. The van der Waals surface area contributed by atoms with Gasteiger partial charge in [0.1, 0.15) is 5.82 Å². The Hall–Kier alpha value is -1.19. The maximum absolute atomic E-state index is 6.12. The summed E-state index contributed by atoms with van der Waals surface area (Å²) in [6.07, 6.45) is 6.02. The number of rotatable bonds is 1. The van der Waals surface area contributed by atoms with Gasteiger partial charge in [-0.2, -0.15) is 4.98 Å². The molecule has 0 unspecified atom stereocenters. The Bertz CT molecular complexity index is 368. The molecule has 4 heteroatoms. The average Bonchev–Trinajstić information content (AvgIpc) is 2.39. The van der Waals surface area contributed by atoms with Crippen molar-refractivity contribution in [2.45, 2.75) is 44.6 Å². The van der Waals surface area contributed by atoms with E-state index in [1.807, 2.05) is 4.57 Å². The summed E-state index contributed by atoms with van der Waals surface area (Å²) in [6.45, 7) is 1.74. The van der Waals surface area contributed by atoms with E-state index >= 15 is 0 Å². The van der Waals surface area contributed by atoms with Crippen molar-refractivity contribution in [1.29, 1.82) is 0 Å². The number of hydrogen-bond acceptors (Lipinski definition) is 3. The number of aromatic nitrogens is 2. The normalized spacial score (nSPS) is 21.3. The molecule has 0 saturated heterocycles. The lowest BCUT2D eigenvalue weighted by molar-refractivity contribution is 0.293. The number of imidazole rings is 1. The van der Waals surface area contributed by atoms with Crippen LogP contribution in [0.25, 0.3) is 0 Å². The van der Waals surface area contributed by atoms with Crippen LogP contribution in [0.4, 0.5) is 5.82 Å². The van der Waals surface area contributed by atoms with E-state index in [9.17, 15) is 0 Å². The molecular formula is C11H17N3O. The molecule has 82 valence electrons. The van der Waals surface area contributed by atoms with Crippen molar-refractivity contribution in [2.24, 2.45) is 0 Å². The topological polar surface area (TPSA) is 53.1 Å². The predicted molar refractivity (Wildman–Crippen MR) is 58.0 cm³/mol. The van der Waals surface area contributed by atoms with Gasteiger partial charge in [-0.15, -0.1) is 0 Å². The van der Waals surface area contributed by atoms with Gasteiger partial charge in [-0.1, -0.05) is 6.42 Å². The summed E-state index contributed by atoms with van der Waals surface area (Å²) in [7, 11) is 0. The summed E-state index contributed by atoms with van der Waals surface area (Å²) in [4.78, 5) is 4.55. The van der Waals surface area contributed by atoms with E-state index in [0.717, 1.165) is 43.5 Å². The molecule has 0 aromatic carbocycles. The van der Waals surface area contributed by atoms with Gasteiger partial charge in [-0.25, -0.2) is 0 Å². The lowest BCUT2D eigenvalue weighted by atomic mass is 9.83. The van der Waals surface area contributed by atoms with Crippen LogP contribution in [0.15, 0.2) is 0 Å². The first-order valence-corrected chi connectivity index (χ1v) is 5.85. The summed E-state index contributed by atoms with van der Waals surface area (Å²) >= 11 is 0. The Morgan fingerprint density at radius 3 is 2.87 bits per heavy atom. The molecule has 0 bridgehead atoms. The van der Waals surface area contributed by atoms with Crippen molar-refractivity contribution >= 4 is 5.82 Å². The summed E-state index contributed by atoms with van der Waals surface area (Å²) in [6, 6.07) is 0.743. The second-order valence-electron chi connectivity index (χ2n) is 4.50. The van der Waals surface area contributed by atoms with Crippen LogP contribution in [0, 0.1) is 0 Å². The van der Waals surface area contributed by atoms with Gasteiger partial charge < -0.3 is 10.5 Å². The van der Waals surface area contributed by atoms with E-state index < -0.39 is 0 Å². The van der Waals surface area contributed by atoms with Crippen molar-refractivity contribution < 1.29 is 4.74 Å². The molecule has 4 nitrogen and oxygen atoms in total. The zero-order chi connectivity index (χ0) is 10.3. The first-order chi connectivity index (χ1) is 7.36. The smallest absolute Gasteiger partial charge is 0.298 e. The van der Waals surface area contributed by atoms with Gasteiger partial charge in [0.05, 0.1) is 12.3 Å². The Balaban J connectivity index is 1.96. The molecule has 1 aromatic rings. The van der Waals surface area contributed by atoms with Crippen molar-refractivity contribution in [3.05, 3.63) is 5.69 Å². The number of nitrogens with two attached hydrogens (primary N) is 1. The fourth-order valence-corrected chi connectivity index (χ4v) is 2.31. The molecule has 0 atom stereocenters. The molecular weight excluding hydrogens is 190 g/mol. The molecule has 3 rings (SSSR count). The molecule has 1 saturated carbocycles. The van der Waals surface area contributed by atoms with Crippen molar-refractivity contribution in [3.63, 3.8) is 0 Å². The third-order valence-corrected chi connectivity index (χ3v) is 3.50. The van der Waals surface area contributed by atoms with Gasteiger partial charge in [0, 0.05) is 12.5 Å². The second-order valence-corrected chi connectivity index (χ2v) is 4.50. The van der Waals surface area contributed by atoms with E-state index in [-0.39, 0.29) is 0 Å². The van der Waals surface area contributed by atoms with Crippen LogP contribution in [0.2, 0.25) is 0 Å². The van der Waals surface area contributed by atoms with Crippen LogP contribution in [0.5, 0.6) is 6.01 Å². The summed E-state index contributed by atoms with van der Waals surface area (Å²) in [5.41, 5.74) is 7.21. The molecule has 1 fully saturated rings. The van der Waals surface area contributed by atoms with E-state index in [4.69, 9.17) is 10.5 Å². The molecule has 15 heavy (non-hydrogen) atoms. The SMILES string of the molecule is Nc1c(C2CCC2)nc2n1CCCCO2. The minimum Gasteiger partial charge on any atom is -0.465 e. The van der Waals surface area contributed by atoms with Crippen LogP contribution in [-0.4, -0.2) is 16.2 Å². The molecule has 1 aliphatic heterocycles. The number of nitrogen functional groups attached to an aromatic ring is 1. The maximum atomic E-state index is 6.12. The monoisotopic (exact) mass is 207 g/mol. The number of ether oxygens (including phenoxy) is 1. The zero-order valence-electron chi connectivity index (χ0n) is 8.91. The second kappa shape index (κ2) is 3.43. The summed E-state index contributed by atoms with van der Waals surface area (Å²) in [5.74, 6) is 1.43. The molecule has 2 N–H and O–H groups in total. The summed E-state index contributed by atoms with van der Waals surface area (Å²) in [5, 5.41) is 0. The molecule has 0 radical (unpaired) electrons. The highest BCUT2D eigenvalue weighted by Gasteiger charge is 2.28. The van der Waals surface area contributed by atoms with E-state index in [1.165, 1.54) is 19.3 Å². The third-order valence-electron chi connectivity index (χ3n) is 3.50. The Labute approximate surface area is 89.4 Å². The highest BCUT2D eigenvalue weighted by Crippen LogP contribution is 2.40. The zero-order valence-corrected chi connectivity index (χ0v) is 8.91. The lowest BCUT2D eigenvalue weighted by Gasteiger charge is -2.23. The van der Waals surface area contributed by atoms with Crippen LogP contribution in [0.3, 0.4) is 0 Å². The minimum absolute atomic E-state index is 0.591. The van der Waals surface area contributed by atoms with Gasteiger partial charge in [-0.3, -0.25) is 4.57 Å². The van der Waals surface area contributed by atoms with Crippen LogP contribution in [0.1, 0.15) is 43.7 Å². The van der Waals surface area contributed by atoms with E-state index in [0.29, 0.717) is 5.92 Å². The maximum Gasteiger partial charge on any atom is 0.298 e. The Morgan fingerprint density at radius 1 is 1.27 bits per heavy atom. The van der Waals surface area contributed by atoms with Crippen molar-refractivity contribution in [3.8, 4) is 6.01 Å². The number of hydrogen-bond donors (Lipinski definition) is 1. The van der Waals surface area contributed by atoms with Crippen molar-refractivity contribution in [2.75, 3.05) is 12.3 Å². The average molecular weight is 207 g/mol. The molecule has 2 heterocycles. The molecule has 2 aliphatic rings. The highest BCUT2D eigenvalue weighted by atomic mass is 16.5. The number of nitrogens with zero attached hydrogens (tertiary/aromatic N) is 2. The van der Waals surface area contributed by atoms with Crippen molar-refractivity contribution in [1.82, 2.24) is 9.55 Å². The first kappa shape index (κ1) is 9.07. The Morgan fingerprint density at radius 2 is 2.13 bits per heavy atom. The molecule has 0 amide bonds. The number of fused-ring (bicyclic) bond motifs is 1. The Kier molecular flexibility index (Phi) is 2.08. The van der Waals surface area contributed by atoms with Gasteiger partial charge in [0.2, 0.25) is 0 Å².